The maximum absolute atomic E-state index is 12.1. The molecule has 0 atom stereocenters. The van der Waals surface area contributed by atoms with E-state index in [2.05, 4.69) is 31.1 Å². The van der Waals surface area contributed by atoms with E-state index in [9.17, 15) is 8.78 Å². The van der Waals surface area contributed by atoms with Gasteiger partial charge in [-0.25, -0.2) is 13.8 Å². The van der Waals surface area contributed by atoms with Crippen LogP contribution >= 0.6 is 0 Å². The maximum Gasteiger partial charge on any atom is 0.272 e. The number of rotatable bonds is 6. The van der Waals surface area contributed by atoms with E-state index in [0.29, 0.717) is 5.88 Å². The first kappa shape index (κ1) is 15.8. The Labute approximate surface area is 113 Å². The number of pyridine rings is 1. The number of alkyl halides is 2. The molecule has 0 spiro atoms. The summed E-state index contributed by atoms with van der Waals surface area (Å²) in [5.41, 5.74) is 2.11. The normalized spacial score (nSPS) is 11.9. The molecule has 0 fully saturated rings. The fourth-order valence-electron chi connectivity index (χ4n) is 1.61. The third-order valence-electron chi connectivity index (χ3n) is 2.66. The van der Waals surface area contributed by atoms with Crippen LogP contribution in [0.3, 0.4) is 0 Å². The zero-order chi connectivity index (χ0) is 14.5. The van der Waals surface area contributed by atoms with Crippen molar-refractivity contribution >= 4 is 0 Å². The van der Waals surface area contributed by atoms with E-state index in [1.165, 1.54) is 0 Å². The summed E-state index contributed by atoms with van der Waals surface area (Å²) in [4.78, 5) is 4.15. The first-order chi connectivity index (χ1) is 8.81. The van der Waals surface area contributed by atoms with Crippen molar-refractivity contribution in [2.24, 2.45) is 0 Å². The quantitative estimate of drug-likeness (QED) is 0.862. The Bertz CT molecular complexity index is 403. The van der Waals surface area contributed by atoms with E-state index in [1.807, 2.05) is 13.0 Å². The van der Waals surface area contributed by atoms with Gasteiger partial charge < -0.3 is 10.1 Å². The van der Waals surface area contributed by atoms with Crippen LogP contribution in [0.25, 0.3) is 0 Å². The SMILES string of the molecule is CCc1cc(C[NH2+]C(C)(C)C)cnc1OCC(F)F. The molecular weight excluding hydrogens is 250 g/mol. The van der Waals surface area contributed by atoms with Crippen molar-refractivity contribution in [1.82, 2.24) is 4.98 Å². The minimum atomic E-state index is -2.47. The lowest BCUT2D eigenvalue weighted by molar-refractivity contribution is -0.731. The Morgan fingerprint density at radius 1 is 1.37 bits per heavy atom. The highest BCUT2D eigenvalue weighted by Gasteiger charge is 2.14. The van der Waals surface area contributed by atoms with Crippen molar-refractivity contribution in [3.8, 4) is 5.88 Å². The molecule has 0 amide bonds. The van der Waals surface area contributed by atoms with Crippen LogP contribution in [0.15, 0.2) is 12.3 Å². The summed E-state index contributed by atoms with van der Waals surface area (Å²) in [7, 11) is 0. The molecule has 1 aromatic heterocycles. The number of halogens is 2. The zero-order valence-electron chi connectivity index (χ0n) is 12.0. The van der Waals surface area contributed by atoms with Crippen LogP contribution in [-0.2, 0) is 13.0 Å². The summed E-state index contributed by atoms with van der Waals surface area (Å²) in [5.74, 6) is 0.322. The number of nitrogens with zero attached hydrogens (tertiary/aromatic N) is 1. The minimum absolute atomic E-state index is 0.150. The van der Waals surface area contributed by atoms with E-state index in [0.717, 1.165) is 24.1 Å². The van der Waals surface area contributed by atoms with Crippen LogP contribution in [-0.4, -0.2) is 23.6 Å². The monoisotopic (exact) mass is 273 g/mol. The number of aryl methyl sites for hydroxylation is 1. The van der Waals surface area contributed by atoms with Gasteiger partial charge in [0.15, 0.2) is 6.61 Å². The van der Waals surface area contributed by atoms with Crippen LogP contribution in [0.5, 0.6) is 5.88 Å². The number of aromatic nitrogens is 1. The third kappa shape index (κ3) is 5.96. The van der Waals surface area contributed by atoms with Gasteiger partial charge in [-0.2, -0.15) is 0 Å². The minimum Gasteiger partial charge on any atom is -0.471 e. The van der Waals surface area contributed by atoms with Crippen molar-refractivity contribution in [2.75, 3.05) is 6.61 Å². The fraction of sp³-hybridized carbons (Fsp3) is 0.643. The van der Waals surface area contributed by atoms with Crippen LogP contribution in [0.2, 0.25) is 0 Å². The number of quaternary nitrogens is 1. The van der Waals surface area contributed by atoms with E-state index in [-0.39, 0.29) is 5.54 Å². The Morgan fingerprint density at radius 3 is 2.58 bits per heavy atom. The molecule has 2 N–H and O–H groups in total. The van der Waals surface area contributed by atoms with Gasteiger partial charge in [-0.05, 0) is 33.3 Å². The fourth-order valence-corrected chi connectivity index (χ4v) is 1.61. The molecule has 1 rings (SSSR count). The van der Waals surface area contributed by atoms with Crippen LogP contribution < -0.4 is 10.1 Å². The molecule has 0 aliphatic heterocycles. The average molecular weight is 273 g/mol. The largest absolute Gasteiger partial charge is 0.471 e. The van der Waals surface area contributed by atoms with Gasteiger partial charge >= 0.3 is 0 Å². The Kier molecular flexibility index (Phi) is 5.66. The highest BCUT2D eigenvalue weighted by molar-refractivity contribution is 5.29. The van der Waals surface area contributed by atoms with Crippen molar-refractivity contribution in [1.29, 1.82) is 0 Å². The van der Waals surface area contributed by atoms with Crippen molar-refractivity contribution in [3.63, 3.8) is 0 Å². The van der Waals surface area contributed by atoms with E-state index in [4.69, 9.17) is 4.74 Å². The van der Waals surface area contributed by atoms with Gasteiger partial charge in [0.1, 0.15) is 6.54 Å². The molecule has 0 unspecified atom stereocenters. The molecule has 3 nitrogen and oxygen atoms in total. The first-order valence-corrected chi connectivity index (χ1v) is 6.55. The molecule has 1 heterocycles. The lowest BCUT2D eigenvalue weighted by atomic mass is 10.1. The number of ether oxygens (including phenoxy) is 1. The van der Waals surface area contributed by atoms with Crippen LogP contribution in [0, 0.1) is 0 Å². The maximum atomic E-state index is 12.1. The van der Waals surface area contributed by atoms with Gasteiger partial charge in [0.25, 0.3) is 6.43 Å². The molecule has 0 saturated heterocycles. The van der Waals surface area contributed by atoms with Gasteiger partial charge in [0.05, 0.1) is 5.54 Å². The summed E-state index contributed by atoms with van der Waals surface area (Å²) < 4.78 is 29.3. The smallest absolute Gasteiger partial charge is 0.272 e. The van der Waals surface area contributed by atoms with Gasteiger partial charge in [-0.15, -0.1) is 0 Å². The molecule has 0 radical (unpaired) electrons. The Morgan fingerprint density at radius 2 is 2.05 bits per heavy atom. The molecule has 0 aromatic carbocycles. The Balaban J connectivity index is 2.72. The zero-order valence-corrected chi connectivity index (χ0v) is 12.0. The Hall–Kier alpha value is -1.23. The second-order valence-electron chi connectivity index (χ2n) is 5.64. The lowest BCUT2D eigenvalue weighted by Crippen LogP contribution is -2.92. The van der Waals surface area contributed by atoms with Crippen LogP contribution in [0.4, 0.5) is 8.78 Å². The summed E-state index contributed by atoms with van der Waals surface area (Å²) in [6, 6.07) is 1.98. The summed E-state index contributed by atoms with van der Waals surface area (Å²) in [5, 5.41) is 2.21. The molecule has 0 aliphatic rings. The predicted molar refractivity (Wildman–Crippen MR) is 70.5 cm³/mol. The van der Waals surface area contributed by atoms with Gasteiger partial charge in [0.2, 0.25) is 5.88 Å². The lowest BCUT2D eigenvalue weighted by Gasteiger charge is -2.17. The van der Waals surface area contributed by atoms with Crippen molar-refractivity contribution < 1.29 is 18.8 Å². The summed E-state index contributed by atoms with van der Waals surface area (Å²) in [6.07, 6.45) is -0.0580. The molecule has 1 aromatic rings. The average Bonchev–Trinajstić information content (AvgIpc) is 2.33. The van der Waals surface area contributed by atoms with Crippen molar-refractivity contribution in [3.05, 3.63) is 23.4 Å². The first-order valence-electron chi connectivity index (χ1n) is 6.55. The van der Waals surface area contributed by atoms with Gasteiger partial charge in [-0.1, -0.05) is 6.92 Å². The predicted octanol–water partition coefficient (Wildman–Crippen LogP) is 2.15. The van der Waals surface area contributed by atoms with Gasteiger partial charge in [-0.3, -0.25) is 0 Å². The summed E-state index contributed by atoms with van der Waals surface area (Å²) in [6.45, 7) is 8.60. The molecule has 19 heavy (non-hydrogen) atoms. The number of hydrogen-bond acceptors (Lipinski definition) is 2. The second-order valence-corrected chi connectivity index (χ2v) is 5.64. The second kappa shape index (κ2) is 6.80. The van der Waals surface area contributed by atoms with Crippen molar-refractivity contribution in [2.45, 2.75) is 52.6 Å². The number of nitrogens with two attached hydrogens (primary N) is 1. The van der Waals surface area contributed by atoms with Gasteiger partial charge in [0, 0.05) is 17.3 Å². The topological polar surface area (TPSA) is 38.7 Å². The van der Waals surface area contributed by atoms with E-state index in [1.54, 1.807) is 6.20 Å². The molecule has 0 bridgehead atoms. The molecule has 5 heteroatoms. The molecule has 0 saturated carbocycles. The standard InChI is InChI=1S/C14H22F2N2O/c1-5-11-6-10(8-18-14(2,3)4)7-17-13(11)19-9-12(15)16/h6-7,12,18H,5,8-9H2,1-4H3/p+1. The highest BCUT2D eigenvalue weighted by atomic mass is 19.3. The van der Waals surface area contributed by atoms with Crippen LogP contribution in [0.1, 0.15) is 38.8 Å². The molecular formula is C14H23F2N2O+. The molecule has 0 aliphatic carbocycles. The summed E-state index contributed by atoms with van der Waals surface area (Å²) >= 11 is 0. The molecule has 108 valence electrons. The van der Waals surface area contributed by atoms with E-state index < -0.39 is 13.0 Å². The van der Waals surface area contributed by atoms with E-state index >= 15 is 0 Å². The number of hydrogen-bond donors (Lipinski definition) is 1. The third-order valence-corrected chi connectivity index (χ3v) is 2.66. The highest BCUT2D eigenvalue weighted by Crippen LogP contribution is 2.17.